The fourth-order valence-electron chi connectivity index (χ4n) is 2.88. The van der Waals surface area contributed by atoms with Crippen LogP contribution in [-0.2, 0) is 6.54 Å². The van der Waals surface area contributed by atoms with Crippen molar-refractivity contribution in [2.24, 2.45) is 0 Å². The number of benzene rings is 1. The highest BCUT2D eigenvalue weighted by atomic mass is 32.2. The zero-order valence-corrected chi connectivity index (χ0v) is 15.8. The smallest absolute Gasteiger partial charge is 0.270 e. The molecule has 0 aliphatic rings. The van der Waals surface area contributed by atoms with Crippen molar-refractivity contribution in [1.82, 2.24) is 14.9 Å². The Bertz CT molecular complexity index is 804. The molecule has 2 rings (SSSR count). The van der Waals surface area contributed by atoms with Gasteiger partial charge in [0.25, 0.3) is 5.56 Å². The minimum absolute atomic E-state index is 0.0720. The van der Waals surface area contributed by atoms with Gasteiger partial charge in [-0.1, -0.05) is 49.9 Å². The van der Waals surface area contributed by atoms with Crippen LogP contribution in [0.25, 0.3) is 11.3 Å². The van der Waals surface area contributed by atoms with Gasteiger partial charge in [-0.15, -0.1) is 0 Å². The molecule has 0 saturated carbocycles. The largest absolute Gasteiger partial charge is 0.300 e. The first-order valence-corrected chi connectivity index (χ1v) is 9.76. The number of hydrogen-bond donors (Lipinski definition) is 1. The molecule has 0 aliphatic carbocycles. The SMILES string of the molecule is CCCN(CCC)Cc1ccccc1-c1nc(SC)[nH]c(=O)c1C#N. The molecule has 1 N–H and O–H groups in total. The standard InChI is InChI=1S/C19H24N4OS/c1-4-10-23(11-5-2)13-14-8-6-7-9-15(14)17-16(12-20)18(24)22-19(21-17)25-3/h6-9H,4-5,10-11,13H2,1-3H3,(H,21,22,24). The third-order valence-corrected chi connectivity index (χ3v) is 4.53. The van der Waals surface area contributed by atoms with Crippen molar-refractivity contribution in [1.29, 1.82) is 5.26 Å². The van der Waals surface area contributed by atoms with E-state index in [4.69, 9.17) is 0 Å². The molecule has 0 atom stereocenters. The predicted octanol–water partition coefficient (Wildman–Crippen LogP) is 3.65. The number of nitrogens with one attached hydrogen (secondary N) is 1. The van der Waals surface area contributed by atoms with Crippen LogP contribution < -0.4 is 5.56 Å². The fourth-order valence-corrected chi connectivity index (χ4v) is 3.26. The summed E-state index contributed by atoms with van der Waals surface area (Å²) in [5, 5.41) is 9.96. The minimum Gasteiger partial charge on any atom is -0.300 e. The van der Waals surface area contributed by atoms with Gasteiger partial charge in [0.2, 0.25) is 0 Å². The van der Waals surface area contributed by atoms with Gasteiger partial charge >= 0.3 is 0 Å². The molecule has 0 amide bonds. The molecule has 2 aromatic rings. The number of aromatic amines is 1. The number of H-pyrrole nitrogens is 1. The Morgan fingerprint density at radius 1 is 1.24 bits per heavy atom. The first-order chi connectivity index (χ1) is 12.1. The van der Waals surface area contributed by atoms with Crippen LogP contribution in [0.15, 0.2) is 34.2 Å². The van der Waals surface area contributed by atoms with E-state index in [9.17, 15) is 10.1 Å². The molecule has 132 valence electrons. The minimum atomic E-state index is -0.384. The Labute approximate surface area is 153 Å². The van der Waals surface area contributed by atoms with Gasteiger partial charge < -0.3 is 4.98 Å². The highest BCUT2D eigenvalue weighted by Gasteiger charge is 2.17. The lowest BCUT2D eigenvalue weighted by atomic mass is 10.0. The molecule has 1 heterocycles. The van der Waals surface area contributed by atoms with Crippen LogP contribution in [0.2, 0.25) is 0 Å². The summed E-state index contributed by atoms with van der Waals surface area (Å²) in [6.07, 6.45) is 4.03. The van der Waals surface area contributed by atoms with Crippen LogP contribution in [0.3, 0.4) is 0 Å². The third kappa shape index (κ3) is 4.71. The van der Waals surface area contributed by atoms with Gasteiger partial charge in [-0.05, 0) is 37.8 Å². The molecule has 6 heteroatoms. The van der Waals surface area contributed by atoms with E-state index in [-0.39, 0.29) is 11.1 Å². The molecule has 0 radical (unpaired) electrons. The second-order valence-electron chi connectivity index (χ2n) is 5.84. The Balaban J connectivity index is 2.53. The zero-order valence-electron chi connectivity index (χ0n) is 15.0. The predicted molar refractivity (Wildman–Crippen MR) is 103 cm³/mol. The summed E-state index contributed by atoms with van der Waals surface area (Å²) in [6.45, 7) is 7.17. The molecule has 25 heavy (non-hydrogen) atoms. The zero-order chi connectivity index (χ0) is 18.2. The summed E-state index contributed by atoms with van der Waals surface area (Å²) in [4.78, 5) is 21.8. The van der Waals surface area contributed by atoms with Gasteiger partial charge in [-0.3, -0.25) is 9.69 Å². The molecule has 0 saturated heterocycles. The van der Waals surface area contributed by atoms with Gasteiger partial charge in [0.15, 0.2) is 5.16 Å². The maximum atomic E-state index is 12.2. The average Bonchev–Trinajstić information content (AvgIpc) is 2.62. The lowest BCUT2D eigenvalue weighted by Gasteiger charge is -2.22. The second kappa shape index (κ2) is 9.40. The van der Waals surface area contributed by atoms with E-state index in [0.717, 1.165) is 43.6 Å². The van der Waals surface area contributed by atoms with E-state index in [1.165, 1.54) is 11.8 Å². The molecule has 0 fully saturated rings. The van der Waals surface area contributed by atoms with Crippen LogP contribution in [0.5, 0.6) is 0 Å². The average molecular weight is 356 g/mol. The monoisotopic (exact) mass is 356 g/mol. The number of nitrogens with zero attached hydrogens (tertiary/aromatic N) is 3. The number of aromatic nitrogens is 2. The first-order valence-electron chi connectivity index (χ1n) is 8.53. The maximum Gasteiger partial charge on any atom is 0.270 e. The van der Waals surface area contributed by atoms with Crippen molar-refractivity contribution < 1.29 is 0 Å². The molecule has 1 aromatic carbocycles. The number of nitriles is 1. The van der Waals surface area contributed by atoms with E-state index in [1.54, 1.807) is 0 Å². The van der Waals surface area contributed by atoms with Gasteiger partial charge in [0.1, 0.15) is 11.6 Å². The highest BCUT2D eigenvalue weighted by Crippen LogP contribution is 2.26. The van der Waals surface area contributed by atoms with E-state index >= 15 is 0 Å². The van der Waals surface area contributed by atoms with Crippen molar-refractivity contribution >= 4 is 11.8 Å². The summed E-state index contributed by atoms with van der Waals surface area (Å²) < 4.78 is 0. The normalized spacial score (nSPS) is 10.8. The quantitative estimate of drug-likeness (QED) is 0.577. The summed E-state index contributed by atoms with van der Waals surface area (Å²) >= 11 is 1.36. The molecular weight excluding hydrogens is 332 g/mol. The van der Waals surface area contributed by atoms with Crippen molar-refractivity contribution in [3.8, 4) is 17.3 Å². The first kappa shape index (κ1) is 19.2. The van der Waals surface area contributed by atoms with Gasteiger partial charge in [0, 0.05) is 12.1 Å². The van der Waals surface area contributed by atoms with Crippen molar-refractivity contribution in [3.05, 3.63) is 45.7 Å². The molecule has 0 aliphatic heterocycles. The third-order valence-electron chi connectivity index (χ3n) is 3.95. The lowest BCUT2D eigenvalue weighted by Crippen LogP contribution is -2.25. The Morgan fingerprint density at radius 3 is 2.52 bits per heavy atom. The summed E-state index contributed by atoms with van der Waals surface area (Å²) in [5.74, 6) is 0. The Kier molecular flexibility index (Phi) is 7.23. The van der Waals surface area contributed by atoms with Crippen LogP contribution in [0.1, 0.15) is 37.8 Å². The van der Waals surface area contributed by atoms with E-state index in [0.29, 0.717) is 10.9 Å². The molecule has 0 spiro atoms. The van der Waals surface area contributed by atoms with Crippen LogP contribution >= 0.6 is 11.8 Å². The summed E-state index contributed by atoms with van der Waals surface area (Å²) in [6, 6.07) is 9.92. The Hall–Kier alpha value is -2.10. The van der Waals surface area contributed by atoms with Gasteiger partial charge in [-0.25, -0.2) is 4.98 Å². The van der Waals surface area contributed by atoms with E-state index in [1.807, 2.05) is 30.5 Å². The summed E-state index contributed by atoms with van der Waals surface area (Å²) in [5.41, 5.74) is 2.11. The molecule has 1 aromatic heterocycles. The van der Waals surface area contributed by atoms with Gasteiger partial charge in [0.05, 0.1) is 5.69 Å². The van der Waals surface area contributed by atoms with Crippen molar-refractivity contribution in [2.45, 2.75) is 38.4 Å². The lowest BCUT2D eigenvalue weighted by molar-refractivity contribution is 0.267. The number of rotatable bonds is 8. The van der Waals surface area contributed by atoms with Crippen molar-refractivity contribution in [3.63, 3.8) is 0 Å². The van der Waals surface area contributed by atoms with E-state index < -0.39 is 0 Å². The Morgan fingerprint density at radius 2 is 1.92 bits per heavy atom. The van der Waals surface area contributed by atoms with E-state index in [2.05, 4.69) is 34.8 Å². The van der Waals surface area contributed by atoms with Crippen molar-refractivity contribution in [2.75, 3.05) is 19.3 Å². The molecule has 0 unspecified atom stereocenters. The number of hydrogen-bond acceptors (Lipinski definition) is 5. The van der Waals surface area contributed by atoms with Crippen LogP contribution in [0.4, 0.5) is 0 Å². The molecule has 5 nitrogen and oxygen atoms in total. The van der Waals surface area contributed by atoms with Crippen LogP contribution in [-0.4, -0.2) is 34.2 Å². The summed E-state index contributed by atoms with van der Waals surface area (Å²) in [7, 11) is 0. The van der Waals surface area contributed by atoms with Crippen LogP contribution in [0, 0.1) is 11.3 Å². The molecular formula is C19H24N4OS. The molecule has 0 bridgehead atoms. The topological polar surface area (TPSA) is 72.8 Å². The number of thioether (sulfide) groups is 1. The fraction of sp³-hybridized carbons (Fsp3) is 0.421. The van der Waals surface area contributed by atoms with Gasteiger partial charge in [-0.2, -0.15) is 5.26 Å². The highest BCUT2D eigenvalue weighted by molar-refractivity contribution is 7.98. The maximum absolute atomic E-state index is 12.2. The second-order valence-corrected chi connectivity index (χ2v) is 6.64.